The van der Waals surface area contributed by atoms with Gasteiger partial charge in [-0.15, -0.1) is 0 Å². The maximum Gasteiger partial charge on any atom is 0.418 e. The second kappa shape index (κ2) is 2.48. The highest BCUT2D eigenvalue weighted by atomic mass is 19.4. The van der Waals surface area contributed by atoms with Gasteiger partial charge in [0, 0.05) is 0 Å². The van der Waals surface area contributed by atoms with Crippen molar-refractivity contribution < 1.29 is 13.2 Å². The largest absolute Gasteiger partial charge is 0.418 e. The molecule has 67 valence electrons. The van der Waals surface area contributed by atoms with Gasteiger partial charge in [-0.1, -0.05) is 6.07 Å². The van der Waals surface area contributed by atoms with Crippen LogP contribution in [0.2, 0.25) is 0 Å². The normalized spacial score (nSPS) is 14.1. The van der Waals surface area contributed by atoms with Crippen LogP contribution in [-0.2, 0) is 6.18 Å². The Morgan fingerprint density at radius 3 is 2.62 bits per heavy atom. The second-order valence-electron chi connectivity index (χ2n) is 2.54. The Morgan fingerprint density at radius 2 is 1.92 bits per heavy atom. The Morgan fingerprint density at radius 1 is 1.15 bits per heavy atom. The average molecular weight is 185 g/mol. The predicted molar refractivity (Wildman–Crippen MR) is 41.4 cm³/mol. The molecule has 1 aromatic carbocycles. The number of aliphatic imine (C=N–C) groups is 1. The van der Waals surface area contributed by atoms with Crippen LogP contribution < -0.4 is 5.32 Å². The van der Waals surface area contributed by atoms with Gasteiger partial charge in [-0.25, -0.2) is 10.3 Å². The number of nitrogens with zero attached hydrogens (tertiary/aromatic N) is 2. The van der Waals surface area contributed by atoms with Gasteiger partial charge in [0.1, 0.15) is 12.0 Å². The SMILES string of the molecule is FC(F)(F)c1cccc2c1[N]C=N2. The van der Waals surface area contributed by atoms with Gasteiger partial charge in [0.15, 0.2) is 0 Å². The zero-order valence-electron chi connectivity index (χ0n) is 6.34. The summed E-state index contributed by atoms with van der Waals surface area (Å²) in [5.74, 6) is 0. The lowest BCUT2D eigenvalue weighted by Gasteiger charge is -2.09. The van der Waals surface area contributed by atoms with E-state index in [2.05, 4.69) is 10.3 Å². The maximum absolute atomic E-state index is 12.3. The number of hydrogen-bond donors (Lipinski definition) is 0. The van der Waals surface area contributed by atoms with Crippen molar-refractivity contribution in [2.45, 2.75) is 6.18 Å². The van der Waals surface area contributed by atoms with Crippen molar-refractivity contribution in [2.24, 2.45) is 4.99 Å². The fourth-order valence-corrected chi connectivity index (χ4v) is 1.15. The van der Waals surface area contributed by atoms with Crippen molar-refractivity contribution in [3.05, 3.63) is 23.8 Å². The number of alkyl halides is 3. The molecule has 2 rings (SSSR count). The van der Waals surface area contributed by atoms with Crippen LogP contribution >= 0.6 is 0 Å². The Bertz CT molecular complexity index is 368. The number of hydrogen-bond acceptors (Lipinski definition) is 1. The molecule has 0 N–H and O–H groups in total. The first-order valence-corrected chi connectivity index (χ1v) is 3.52. The Labute approximate surface area is 72.1 Å². The van der Waals surface area contributed by atoms with Crippen molar-refractivity contribution in [3.8, 4) is 0 Å². The van der Waals surface area contributed by atoms with Crippen LogP contribution in [0.3, 0.4) is 0 Å². The van der Waals surface area contributed by atoms with E-state index in [1.807, 2.05) is 0 Å². The van der Waals surface area contributed by atoms with E-state index in [9.17, 15) is 13.2 Å². The van der Waals surface area contributed by atoms with Crippen LogP contribution in [0.15, 0.2) is 23.2 Å². The third-order valence-corrected chi connectivity index (χ3v) is 1.70. The van der Waals surface area contributed by atoms with Gasteiger partial charge in [0.25, 0.3) is 0 Å². The van der Waals surface area contributed by atoms with E-state index in [0.29, 0.717) is 0 Å². The molecule has 1 heterocycles. The summed E-state index contributed by atoms with van der Waals surface area (Å²) >= 11 is 0. The summed E-state index contributed by atoms with van der Waals surface area (Å²) in [4.78, 5) is 3.68. The van der Waals surface area contributed by atoms with Gasteiger partial charge in [-0.2, -0.15) is 13.2 Å². The van der Waals surface area contributed by atoms with Crippen molar-refractivity contribution in [1.29, 1.82) is 0 Å². The molecule has 0 atom stereocenters. The molecule has 0 unspecified atom stereocenters. The molecule has 0 amide bonds. The lowest BCUT2D eigenvalue weighted by Crippen LogP contribution is -2.07. The zero-order chi connectivity index (χ0) is 9.47. The van der Waals surface area contributed by atoms with Gasteiger partial charge in [0.2, 0.25) is 0 Å². The first-order valence-electron chi connectivity index (χ1n) is 3.52. The molecule has 13 heavy (non-hydrogen) atoms. The van der Waals surface area contributed by atoms with E-state index in [-0.39, 0.29) is 11.4 Å². The summed E-state index contributed by atoms with van der Waals surface area (Å²) in [7, 11) is 0. The van der Waals surface area contributed by atoms with Crippen LogP contribution in [-0.4, -0.2) is 6.34 Å². The third-order valence-electron chi connectivity index (χ3n) is 1.70. The van der Waals surface area contributed by atoms with Gasteiger partial charge < -0.3 is 0 Å². The lowest BCUT2D eigenvalue weighted by molar-refractivity contribution is -0.137. The highest BCUT2D eigenvalue weighted by molar-refractivity contribution is 5.83. The van der Waals surface area contributed by atoms with Crippen molar-refractivity contribution >= 4 is 17.7 Å². The Hall–Kier alpha value is -1.52. The lowest BCUT2D eigenvalue weighted by atomic mass is 10.1. The Balaban J connectivity index is 2.57. The standard InChI is InChI=1S/C8H4F3N2/c9-8(10,11)5-2-1-3-6-7(5)13-4-12-6/h1-4H. The summed E-state index contributed by atoms with van der Waals surface area (Å²) < 4.78 is 37.0. The van der Waals surface area contributed by atoms with E-state index in [4.69, 9.17) is 0 Å². The molecule has 0 fully saturated rings. The molecule has 0 spiro atoms. The molecular weight excluding hydrogens is 181 g/mol. The van der Waals surface area contributed by atoms with Crippen LogP contribution in [0.25, 0.3) is 0 Å². The molecule has 1 aliphatic heterocycles. The van der Waals surface area contributed by atoms with E-state index < -0.39 is 11.7 Å². The second-order valence-corrected chi connectivity index (χ2v) is 2.54. The minimum absolute atomic E-state index is 0.0880. The van der Waals surface area contributed by atoms with Crippen molar-refractivity contribution in [1.82, 2.24) is 5.32 Å². The van der Waals surface area contributed by atoms with E-state index in [0.717, 1.165) is 12.4 Å². The molecule has 0 saturated carbocycles. The quantitative estimate of drug-likeness (QED) is 0.594. The molecule has 1 aromatic rings. The highest BCUT2D eigenvalue weighted by Crippen LogP contribution is 2.41. The minimum atomic E-state index is -4.36. The molecule has 5 heteroatoms. The summed E-state index contributed by atoms with van der Waals surface area (Å²) in [5, 5.41) is 3.55. The van der Waals surface area contributed by atoms with Crippen LogP contribution in [0.4, 0.5) is 24.5 Å². The molecule has 0 bridgehead atoms. The van der Waals surface area contributed by atoms with E-state index >= 15 is 0 Å². The molecule has 0 aliphatic carbocycles. The number of rotatable bonds is 0. The number of halogens is 3. The molecule has 1 aliphatic rings. The number of benzene rings is 1. The molecular formula is C8H4F3N2. The first kappa shape index (κ1) is 8.10. The summed E-state index contributed by atoms with van der Waals surface area (Å²) in [6.45, 7) is 0. The number of fused-ring (bicyclic) bond motifs is 1. The molecule has 0 saturated heterocycles. The van der Waals surface area contributed by atoms with Crippen LogP contribution in [0, 0.1) is 0 Å². The van der Waals surface area contributed by atoms with Gasteiger partial charge in [0.05, 0.1) is 11.3 Å². The monoisotopic (exact) mass is 185 g/mol. The van der Waals surface area contributed by atoms with E-state index in [1.54, 1.807) is 0 Å². The summed E-state index contributed by atoms with van der Waals surface area (Å²) in [5.41, 5.74) is -0.549. The summed E-state index contributed by atoms with van der Waals surface area (Å²) in [6, 6.07) is 3.81. The zero-order valence-corrected chi connectivity index (χ0v) is 6.34. The maximum atomic E-state index is 12.3. The third kappa shape index (κ3) is 1.26. The Kier molecular flexibility index (Phi) is 1.55. The number of para-hydroxylation sites is 1. The van der Waals surface area contributed by atoms with Crippen LogP contribution in [0.1, 0.15) is 5.56 Å². The molecule has 0 aromatic heterocycles. The fourth-order valence-electron chi connectivity index (χ4n) is 1.15. The van der Waals surface area contributed by atoms with E-state index in [1.165, 1.54) is 12.1 Å². The molecule has 2 nitrogen and oxygen atoms in total. The predicted octanol–water partition coefficient (Wildman–Crippen LogP) is 2.61. The summed E-state index contributed by atoms with van der Waals surface area (Å²) in [6.07, 6.45) is -3.23. The van der Waals surface area contributed by atoms with Crippen LogP contribution in [0.5, 0.6) is 0 Å². The average Bonchev–Trinajstić information content (AvgIpc) is 2.48. The first-order chi connectivity index (χ1) is 6.09. The van der Waals surface area contributed by atoms with Gasteiger partial charge >= 0.3 is 6.18 Å². The fraction of sp³-hybridized carbons (Fsp3) is 0.125. The highest BCUT2D eigenvalue weighted by Gasteiger charge is 2.35. The topological polar surface area (TPSA) is 26.5 Å². The minimum Gasteiger partial charge on any atom is -0.235 e. The smallest absolute Gasteiger partial charge is 0.235 e. The molecule has 1 radical (unpaired) electrons. The van der Waals surface area contributed by atoms with Crippen molar-refractivity contribution in [3.63, 3.8) is 0 Å². The van der Waals surface area contributed by atoms with Gasteiger partial charge in [-0.3, -0.25) is 0 Å². The van der Waals surface area contributed by atoms with Gasteiger partial charge in [-0.05, 0) is 12.1 Å². The van der Waals surface area contributed by atoms with Crippen molar-refractivity contribution in [2.75, 3.05) is 0 Å².